The van der Waals surface area contributed by atoms with Crippen LogP contribution in [0.5, 0.6) is 0 Å². The standard InChI is InChI=1S/C20H28N4O5S/c1-14(2)15-4-6-16(7-5-15)24-19(26)17(21-20(24)27)8-9-18(25)22-10-12-23(13-11-22)30(3,28)29/h4-7,14,17H,8-13H2,1-3H3,(H,21,27)/t17-/m1/s1. The first kappa shape index (κ1) is 22.2. The lowest BCUT2D eigenvalue weighted by atomic mass is 10.0. The van der Waals surface area contributed by atoms with Crippen molar-refractivity contribution in [2.75, 3.05) is 37.3 Å². The number of benzene rings is 1. The minimum atomic E-state index is -3.26. The molecule has 164 valence electrons. The SMILES string of the molecule is CC(C)c1ccc(N2C(=O)N[C@H](CCC(=O)N3CCN(S(C)(=O)=O)CC3)C2=O)cc1. The molecule has 4 amide bonds. The van der Waals surface area contributed by atoms with E-state index in [4.69, 9.17) is 0 Å². The Morgan fingerprint density at radius 2 is 1.70 bits per heavy atom. The number of carbonyl (C=O) groups excluding carboxylic acids is 3. The van der Waals surface area contributed by atoms with E-state index in [9.17, 15) is 22.8 Å². The van der Waals surface area contributed by atoms with Gasteiger partial charge in [-0.3, -0.25) is 9.59 Å². The number of hydrogen-bond acceptors (Lipinski definition) is 5. The van der Waals surface area contributed by atoms with E-state index in [1.54, 1.807) is 17.0 Å². The highest BCUT2D eigenvalue weighted by atomic mass is 32.2. The van der Waals surface area contributed by atoms with Crippen LogP contribution in [0.25, 0.3) is 0 Å². The summed E-state index contributed by atoms with van der Waals surface area (Å²) in [6, 6.07) is 6.06. The van der Waals surface area contributed by atoms with E-state index in [2.05, 4.69) is 19.2 Å². The van der Waals surface area contributed by atoms with E-state index in [-0.39, 0.29) is 37.7 Å². The summed E-state index contributed by atoms with van der Waals surface area (Å²) in [5.41, 5.74) is 1.62. The highest BCUT2D eigenvalue weighted by Crippen LogP contribution is 2.24. The Balaban J connectivity index is 1.55. The lowest BCUT2D eigenvalue weighted by molar-refractivity contribution is -0.132. The number of imide groups is 1. The second-order valence-electron chi connectivity index (χ2n) is 8.00. The second-order valence-corrected chi connectivity index (χ2v) is 9.99. The van der Waals surface area contributed by atoms with Gasteiger partial charge in [-0.2, -0.15) is 4.31 Å². The minimum Gasteiger partial charge on any atom is -0.340 e. The summed E-state index contributed by atoms with van der Waals surface area (Å²) in [5, 5.41) is 2.65. The van der Waals surface area contributed by atoms with Crippen LogP contribution in [0.2, 0.25) is 0 Å². The Bertz CT molecular complexity index is 921. The molecule has 30 heavy (non-hydrogen) atoms. The number of sulfonamides is 1. The molecule has 0 aliphatic carbocycles. The van der Waals surface area contributed by atoms with E-state index in [0.717, 1.165) is 16.7 Å². The smallest absolute Gasteiger partial charge is 0.329 e. The van der Waals surface area contributed by atoms with Crippen molar-refractivity contribution in [3.05, 3.63) is 29.8 Å². The number of piperazine rings is 1. The molecule has 2 saturated heterocycles. The molecule has 0 radical (unpaired) electrons. The molecular formula is C20H28N4O5S. The normalized spacial score (nSPS) is 20.7. The number of nitrogens with zero attached hydrogens (tertiary/aromatic N) is 3. The lowest BCUT2D eigenvalue weighted by Crippen LogP contribution is -2.50. The Hall–Kier alpha value is -2.46. The topological polar surface area (TPSA) is 107 Å². The number of urea groups is 1. The van der Waals surface area contributed by atoms with E-state index < -0.39 is 22.1 Å². The molecule has 0 spiro atoms. The molecule has 0 unspecified atom stereocenters. The van der Waals surface area contributed by atoms with Crippen LogP contribution in [0, 0.1) is 0 Å². The zero-order valence-corrected chi connectivity index (χ0v) is 18.3. The van der Waals surface area contributed by atoms with Gasteiger partial charge in [0.15, 0.2) is 0 Å². The molecule has 1 N–H and O–H groups in total. The zero-order valence-electron chi connectivity index (χ0n) is 17.5. The van der Waals surface area contributed by atoms with Crippen molar-refractivity contribution in [3.8, 4) is 0 Å². The molecule has 9 nitrogen and oxygen atoms in total. The van der Waals surface area contributed by atoms with Crippen LogP contribution in [-0.4, -0.2) is 73.9 Å². The van der Waals surface area contributed by atoms with Crippen molar-refractivity contribution in [2.45, 2.75) is 38.6 Å². The van der Waals surface area contributed by atoms with Crippen LogP contribution >= 0.6 is 0 Å². The highest BCUT2D eigenvalue weighted by molar-refractivity contribution is 7.88. The predicted octanol–water partition coefficient (Wildman–Crippen LogP) is 1.12. The van der Waals surface area contributed by atoms with Gasteiger partial charge >= 0.3 is 6.03 Å². The summed E-state index contributed by atoms with van der Waals surface area (Å²) in [7, 11) is -3.26. The number of amides is 4. The molecule has 2 aliphatic heterocycles. The van der Waals surface area contributed by atoms with Crippen LogP contribution < -0.4 is 10.2 Å². The van der Waals surface area contributed by atoms with Crippen LogP contribution in [0.1, 0.15) is 38.2 Å². The van der Waals surface area contributed by atoms with Gasteiger partial charge in [-0.25, -0.2) is 18.1 Å². The largest absolute Gasteiger partial charge is 0.340 e. The third-order valence-corrected chi connectivity index (χ3v) is 6.85. The van der Waals surface area contributed by atoms with Crippen LogP contribution in [0.15, 0.2) is 24.3 Å². The van der Waals surface area contributed by atoms with Crippen molar-refractivity contribution < 1.29 is 22.8 Å². The van der Waals surface area contributed by atoms with E-state index in [0.29, 0.717) is 24.7 Å². The van der Waals surface area contributed by atoms with Gasteiger partial charge in [-0.05, 0) is 30.0 Å². The maximum absolute atomic E-state index is 12.7. The van der Waals surface area contributed by atoms with Crippen molar-refractivity contribution >= 4 is 33.6 Å². The summed E-state index contributed by atoms with van der Waals surface area (Å²) in [6.45, 7) is 5.32. The first-order valence-corrected chi connectivity index (χ1v) is 11.9. The van der Waals surface area contributed by atoms with Crippen molar-refractivity contribution in [1.29, 1.82) is 0 Å². The first-order chi connectivity index (χ1) is 14.1. The molecule has 1 aromatic carbocycles. The van der Waals surface area contributed by atoms with Gasteiger partial charge in [0.1, 0.15) is 6.04 Å². The Morgan fingerprint density at radius 3 is 2.23 bits per heavy atom. The highest BCUT2D eigenvalue weighted by Gasteiger charge is 2.39. The summed E-state index contributed by atoms with van der Waals surface area (Å²) in [5.74, 6) is -0.169. The summed E-state index contributed by atoms with van der Waals surface area (Å²) >= 11 is 0. The van der Waals surface area contributed by atoms with Crippen molar-refractivity contribution in [3.63, 3.8) is 0 Å². The molecule has 0 aromatic heterocycles. The average molecular weight is 437 g/mol. The summed E-state index contributed by atoms with van der Waals surface area (Å²) in [4.78, 5) is 40.2. The number of nitrogens with one attached hydrogen (secondary N) is 1. The van der Waals surface area contributed by atoms with Crippen LogP contribution in [0.4, 0.5) is 10.5 Å². The molecule has 2 heterocycles. The molecule has 3 rings (SSSR count). The average Bonchev–Trinajstić information content (AvgIpc) is 2.99. The van der Waals surface area contributed by atoms with Gasteiger partial charge in [0.2, 0.25) is 15.9 Å². The van der Waals surface area contributed by atoms with Gasteiger partial charge in [0.05, 0.1) is 11.9 Å². The van der Waals surface area contributed by atoms with Gasteiger partial charge in [0.25, 0.3) is 5.91 Å². The fraction of sp³-hybridized carbons (Fsp3) is 0.550. The molecule has 1 atom stereocenters. The summed E-state index contributed by atoms with van der Waals surface area (Å²) in [6.07, 6.45) is 1.47. The van der Waals surface area contributed by atoms with E-state index >= 15 is 0 Å². The molecular weight excluding hydrogens is 408 g/mol. The van der Waals surface area contributed by atoms with Crippen LogP contribution in [0.3, 0.4) is 0 Å². The number of hydrogen-bond donors (Lipinski definition) is 1. The molecule has 1 aromatic rings. The quantitative estimate of drug-likeness (QED) is 0.673. The predicted molar refractivity (Wildman–Crippen MR) is 113 cm³/mol. The van der Waals surface area contributed by atoms with Gasteiger partial charge in [0, 0.05) is 32.6 Å². The lowest BCUT2D eigenvalue weighted by Gasteiger charge is -2.33. The number of carbonyl (C=O) groups is 3. The maximum Gasteiger partial charge on any atom is 0.329 e. The molecule has 0 saturated carbocycles. The van der Waals surface area contributed by atoms with Gasteiger partial charge in [-0.15, -0.1) is 0 Å². The fourth-order valence-electron chi connectivity index (χ4n) is 3.67. The van der Waals surface area contributed by atoms with Crippen LogP contribution in [-0.2, 0) is 19.6 Å². The van der Waals surface area contributed by atoms with E-state index in [1.165, 1.54) is 4.31 Å². The van der Waals surface area contributed by atoms with Gasteiger partial charge < -0.3 is 10.2 Å². The number of rotatable bonds is 6. The minimum absolute atomic E-state index is 0.107. The third kappa shape index (κ3) is 4.81. The summed E-state index contributed by atoms with van der Waals surface area (Å²) < 4.78 is 24.5. The van der Waals surface area contributed by atoms with Crippen molar-refractivity contribution in [1.82, 2.24) is 14.5 Å². The maximum atomic E-state index is 12.7. The van der Waals surface area contributed by atoms with Gasteiger partial charge in [-0.1, -0.05) is 26.0 Å². The second kappa shape index (κ2) is 8.73. The monoisotopic (exact) mass is 436 g/mol. The van der Waals surface area contributed by atoms with E-state index in [1.807, 2.05) is 12.1 Å². The molecule has 2 aliphatic rings. The Morgan fingerprint density at radius 1 is 1.10 bits per heavy atom. The third-order valence-electron chi connectivity index (χ3n) is 5.54. The number of anilines is 1. The molecule has 0 bridgehead atoms. The zero-order chi connectivity index (χ0) is 22.1. The fourth-order valence-corrected chi connectivity index (χ4v) is 4.50. The Labute approximate surface area is 177 Å². The first-order valence-electron chi connectivity index (χ1n) is 10.0. The molecule has 2 fully saturated rings. The molecule has 10 heteroatoms. The van der Waals surface area contributed by atoms with Crippen molar-refractivity contribution in [2.24, 2.45) is 0 Å². The Kier molecular flexibility index (Phi) is 6.47.